The lowest BCUT2D eigenvalue weighted by molar-refractivity contribution is 0.592. The second-order valence-corrected chi connectivity index (χ2v) is 5.45. The molecule has 0 atom stereocenters. The van der Waals surface area contributed by atoms with Gasteiger partial charge in [0, 0.05) is 18.2 Å². The van der Waals surface area contributed by atoms with E-state index in [1.165, 1.54) is 6.07 Å². The van der Waals surface area contributed by atoms with Crippen molar-refractivity contribution in [1.82, 2.24) is 5.32 Å². The topological polar surface area (TPSA) is 12.0 Å². The zero-order chi connectivity index (χ0) is 13.7. The van der Waals surface area contributed by atoms with Gasteiger partial charge in [-0.2, -0.15) is 0 Å². The van der Waals surface area contributed by atoms with Gasteiger partial charge in [-0.25, -0.2) is 4.39 Å². The summed E-state index contributed by atoms with van der Waals surface area (Å²) in [5.74, 6) is 0.0807. The van der Waals surface area contributed by atoms with E-state index in [-0.39, 0.29) is 5.82 Å². The molecule has 0 unspecified atom stereocenters. The second kappa shape index (κ2) is 6.91. The van der Waals surface area contributed by atoms with Crippen LogP contribution in [-0.2, 0) is 0 Å². The van der Waals surface area contributed by atoms with Gasteiger partial charge in [-0.15, -0.1) is 0 Å². The zero-order valence-corrected chi connectivity index (χ0v) is 12.2. The van der Waals surface area contributed by atoms with Crippen LogP contribution in [0.4, 0.5) is 4.39 Å². The van der Waals surface area contributed by atoms with Crippen LogP contribution in [-0.4, -0.2) is 12.6 Å². The van der Waals surface area contributed by atoms with Crippen LogP contribution >= 0.6 is 11.6 Å². The average molecular weight is 270 g/mol. The molecular formula is C15H21ClFN. The molecule has 0 amide bonds. The first kappa shape index (κ1) is 15.2. The number of nitrogens with one attached hydrogen (secondary N) is 1. The van der Waals surface area contributed by atoms with Crippen LogP contribution in [0.1, 0.15) is 33.3 Å². The minimum absolute atomic E-state index is 0.273. The lowest BCUT2D eigenvalue weighted by Crippen LogP contribution is -2.26. The maximum atomic E-state index is 13.7. The van der Waals surface area contributed by atoms with Gasteiger partial charge in [0.2, 0.25) is 0 Å². The molecule has 0 saturated carbocycles. The molecule has 1 nitrogen and oxygen atoms in total. The summed E-state index contributed by atoms with van der Waals surface area (Å²) in [5.41, 5.74) is 1.63. The molecule has 0 aliphatic heterocycles. The molecule has 0 spiro atoms. The highest BCUT2D eigenvalue weighted by molar-refractivity contribution is 6.32. The van der Waals surface area contributed by atoms with E-state index < -0.39 is 0 Å². The lowest BCUT2D eigenvalue weighted by Gasteiger charge is -2.15. The summed E-state index contributed by atoms with van der Waals surface area (Å²) in [6, 6.07) is 5.18. The van der Waals surface area contributed by atoms with Gasteiger partial charge in [0.1, 0.15) is 5.82 Å². The Morgan fingerprint density at radius 2 is 2.00 bits per heavy atom. The van der Waals surface area contributed by atoms with Gasteiger partial charge >= 0.3 is 0 Å². The molecule has 0 aromatic heterocycles. The monoisotopic (exact) mass is 269 g/mol. The smallest absolute Gasteiger partial charge is 0.131 e. The van der Waals surface area contributed by atoms with Crippen molar-refractivity contribution in [3.8, 4) is 0 Å². The summed E-state index contributed by atoms with van der Waals surface area (Å²) < 4.78 is 13.7. The molecule has 0 heterocycles. The van der Waals surface area contributed by atoms with Crippen molar-refractivity contribution in [2.24, 2.45) is 5.92 Å². The number of halogens is 2. The highest BCUT2D eigenvalue weighted by Gasteiger charge is 2.09. The fourth-order valence-electron chi connectivity index (χ4n) is 1.58. The van der Waals surface area contributed by atoms with Crippen molar-refractivity contribution in [2.75, 3.05) is 6.54 Å². The van der Waals surface area contributed by atoms with Crippen LogP contribution in [0.15, 0.2) is 23.8 Å². The van der Waals surface area contributed by atoms with Gasteiger partial charge in [0.05, 0.1) is 5.02 Å². The minimum atomic E-state index is -0.273. The summed E-state index contributed by atoms with van der Waals surface area (Å²) in [7, 11) is 0. The van der Waals surface area contributed by atoms with Crippen molar-refractivity contribution in [3.05, 3.63) is 40.2 Å². The van der Waals surface area contributed by atoms with Gasteiger partial charge in [-0.05, 0) is 24.1 Å². The molecule has 0 fully saturated rings. The van der Waals surface area contributed by atoms with Crippen LogP contribution in [0.3, 0.4) is 0 Å². The van der Waals surface area contributed by atoms with Crippen molar-refractivity contribution >= 4 is 17.7 Å². The van der Waals surface area contributed by atoms with Crippen LogP contribution in [0.5, 0.6) is 0 Å². The first-order valence-corrected chi connectivity index (χ1v) is 6.67. The maximum Gasteiger partial charge on any atom is 0.131 e. The molecule has 18 heavy (non-hydrogen) atoms. The molecule has 1 aromatic rings. The third-order valence-electron chi connectivity index (χ3n) is 2.79. The minimum Gasteiger partial charge on any atom is -0.311 e. The maximum absolute atomic E-state index is 13.7. The summed E-state index contributed by atoms with van der Waals surface area (Å²) in [6.45, 7) is 9.13. The van der Waals surface area contributed by atoms with Crippen molar-refractivity contribution < 1.29 is 4.39 Å². The molecule has 0 radical (unpaired) electrons. The van der Waals surface area contributed by atoms with Crippen molar-refractivity contribution in [1.29, 1.82) is 0 Å². The summed E-state index contributed by atoms with van der Waals surface area (Å²) >= 11 is 6.04. The second-order valence-electron chi connectivity index (χ2n) is 5.04. The Bertz CT molecular complexity index is 404. The van der Waals surface area contributed by atoms with Crippen LogP contribution in [0.25, 0.3) is 6.08 Å². The van der Waals surface area contributed by atoms with E-state index in [2.05, 4.69) is 33.0 Å². The van der Waals surface area contributed by atoms with E-state index in [4.69, 9.17) is 11.6 Å². The zero-order valence-electron chi connectivity index (χ0n) is 11.4. The van der Waals surface area contributed by atoms with Crippen LogP contribution < -0.4 is 5.32 Å². The van der Waals surface area contributed by atoms with E-state index in [9.17, 15) is 4.39 Å². The molecule has 0 saturated heterocycles. The molecule has 3 heteroatoms. The normalized spacial score (nSPS) is 12.6. The SMILES string of the molecule is CC(C)NCC(=Cc1c(F)cccc1Cl)C(C)C. The molecule has 1 aromatic carbocycles. The quantitative estimate of drug-likeness (QED) is 0.829. The van der Waals surface area contributed by atoms with E-state index >= 15 is 0 Å². The molecule has 0 aliphatic carbocycles. The van der Waals surface area contributed by atoms with Crippen LogP contribution in [0.2, 0.25) is 5.02 Å². The largest absolute Gasteiger partial charge is 0.311 e. The summed E-state index contributed by atoms with van der Waals surface area (Å²) in [4.78, 5) is 0. The first-order chi connectivity index (χ1) is 8.41. The van der Waals surface area contributed by atoms with Crippen molar-refractivity contribution in [3.63, 3.8) is 0 Å². The van der Waals surface area contributed by atoms with Gasteiger partial charge in [-0.3, -0.25) is 0 Å². The number of benzene rings is 1. The van der Waals surface area contributed by atoms with E-state index in [1.807, 2.05) is 6.08 Å². The Morgan fingerprint density at radius 1 is 1.33 bits per heavy atom. The Labute approximate surface area is 114 Å². The van der Waals surface area contributed by atoms with Gasteiger partial charge < -0.3 is 5.32 Å². The molecule has 0 bridgehead atoms. The molecule has 0 aliphatic rings. The lowest BCUT2D eigenvalue weighted by atomic mass is 9.99. The highest BCUT2D eigenvalue weighted by atomic mass is 35.5. The first-order valence-electron chi connectivity index (χ1n) is 6.29. The summed E-state index contributed by atoms with van der Waals surface area (Å²) in [6.07, 6.45) is 1.86. The predicted molar refractivity (Wildman–Crippen MR) is 77.4 cm³/mol. The Hall–Kier alpha value is -0.860. The molecule has 1 N–H and O–H groups in total. The Kier molecular flexibility index (Phi) is 5.83. The van der Waals surface area contributed by atoms with Crippen molar-refractivity contribution in [2.45, 2.75) is 33.7 Å². The predicted octanol–water partition coefficient (Wildman–Crippen LogP) is 4.52. The van der Waals surface area contributed by atoms with E-state index in [1.54, 1.807) is 12.1 Å². The molecular weight excluding hydrogens is 249 g/mol. The number of hydrogen-bond donors (Lipinski definition) is 1. The number of hydrogen-bond acceptors (Lipinski definition) is 1. The standard InChI is InChI=1S/C15H21ClFN/c1-10(2)12(9-18-11(3)4)8-13-14(16)6-5-7-15(13)17/h5-8,10-11,18H,9H2,1-4H3. The van der Waals surface area contributed by atoms with Crippen LogP contribution in [0, 0.1) is 11.7 Å². The molecule has 1 rings (SSSR count). The average Bonchev–Trinajstić information content (AvgIpc) is 2.26. The Balaban J connectivity index is 3.01. The van der Waals surface area contributed by atoms with E-state index in [0.717, 1.165) is 12.1 Å². The summed E-state index contributed by atoms with van der Waals surface area (Å²) in [5, 5.41) is 3.81. The third-order valence-corrected chi connectivity index (χ3v) is 3.12. The highest BCUT2D eigenvalue weighted by Crippen LogP contribution is 2.23. The van der Waals surface area contributed by atoms with Gasteiger partial charge in [0.25, 0.3) is 0 Å². The van der Waals surface area contributed by atoms with E-state index in [0.29, 0.717) is 22.5 Å². The van der Waals surface area contributed by atoms with Gasteiger partial charge in [0.15, 0.2) is 0 Å². The Morgan fingerprint density at radius 3 is 2.50 bits per heavy atom. The molecule has 100 valence electrons. The van der Waals surface area contributed by atoms with Gasteiger partial charge in [-0.1, -0.05) is 50.9 Å². The number of rotatable bonds is 5. The third kappa shape index (κ3) is 4.43. The fourth-order valence-corrected chi connectivity index (χ4v) is 1.80. The fraction of sp³-hybridized carbons (Fsp3) is 0.467.